The molecule has 174 valence electrons. The summed E-state index contributed by atoms with van der Waals surface area (Å²) in [6.07, 6.45) is 0. The molecule has 1 aromatic heterocycles. The van der Waals surface area contributed by atoms with Gasteiger partial charge in [0.1, 0.15) is 23.0 Å². The highest BCUT2D eigenvalue weighted by atomic mass is 19.1. The van der Waals surface area contributed by atoms with E-state index in [0.717, 1.165) is 11.8 Å². The topological polar surface area (TPSA) is 71.7 Å². The Balaban J connectivity index is 1.92. The van der Waals surface area contributed by atoms with Crippen molar-refractivity contribution in [3.8, 4) is 11.4 Å². The van der Waals surface area contributed by atoms with Crippen molar-refractivity contribution < 1.29 is 28.5 Å². The third-order valence-corrected chi connectivity index (χ3v) is 6.61. The molecule has 34 heavy (non-hydrogen) atoms. The maximum atomic E-state index is 15.3. The lowest BCUT2D eigenvalue weighted by Gasteiger charge is -2.43. The summed E-state index contributed by atoms with van der Waals surface area (Å²) in [5.74, 6) is -2.38. The van der Waals surface area contributed by atoms with Gasteiger partial charge in [0.25, 0.3) is 0 Å². The highest BCUT2D eigenvalue weighted by Gasteiger charge is 2.48. The van der Waals surface area contributed by atoms with Crippen molar-refractivity contribution in [2.75, 3.05) is 6.61 Å². The second kappa shape index (κ2) is 7.40. The Labute approximate surface area is 194 Å². The third-order valence-electron chi connectivity index (χ3n) is 6.61. The number of carboxylic acids is 1. The van der Waals surface area contributed by atoms with Gasteiger partial charge in [-0.1, -0.05) is 32.0 Å². The maximum absolute atomic E-state index is 15.3. The number of carbonyl (C=O) groups is 1. The fourth-order valence-corrected chi connectivity index (χ4v) is 5.02. The van der Waals surface area contributed by atoms with Crippen molar-refractivity contribution in [3.05, 3.63) is 94.7 Å². The van der Waals surface area contributed by atoms with Gasteiger partial charge in [0, 0.05) is 33.3 Å². The van der Waals surface area contributed by atoms with Crippen LogP contribution in [0.4, 0.5) is 8.78 Å². The molecule has 1 unspecified atom stereocenters. The molecule has 0 saturated carbocycles. The molecule has 1 atom stereocenters. The van der Waals surface area contributed by atoms with Crippen LogP contribution in [0.15, 0.2) is 60.7 Å². The number of halogens is 2. The monoisotopic (exact) mass is 463 g/mol. The van der Waals surface area contributed by atoms with E-state index in [1.165, 1.54) is 24.3 Å². The van der Waals surface area contributed by atoms with Gasteiger partial charge in [-0.2, -0.15) is 0 Å². The molecule has 7 heteroatoms. The first kappa shape index (κ1) is 22.1. The van der Waals surface area contributed by atoms with Gasteiger partial charge in [-0.3, -0.25) is 0 Å². The van der Waals surface area contributed by atoms with Crippen molar-refractivity contribution in [2.45, 2.75) is 31.8 Å². The Kier molecular flexibility index (Phi) is 4.81. The standard InChI is InChI=1S/C27H23F2NO4/c1-26(2)14-34-27(3,18-11-10-15(25(32)33)12-19(18)29)23-22-20(8-5-9-21(22)31)30(24(23)26)17-7-4-6-16(28)13-17/h4-13,31H,14H2,1-3H3,(H,32,33). The lowest BCUT2D eigenvalue weighted by atomic mass is 9.75. The SMILES string of the molecule is CC1(C)COC(C)(c2ccc(C(=O)O)cc2F)c2c1n(-c1cccc(F)c1)c1cccc(O)c21. The smallest absolute Gasteiger partial charge is 0.335 e. The fourth-order valence-electron chi connectivity index (χ4n) is 5.02. The molecule has 0 bridgehead atoms. The van der Waals surface area contributed by atoms with Crippen LogP contribution in [0.2, 0.25) is 0 Å². The predicted octanol–water partition coefficient (Wildman–Crippen LogP) is 5.88. The van der Waals surface area contributed by atoms with Gasteiger partial charge >= 0.3 is 5.97 Å². The van der Waals surface area contributed by atoms with Gasteiger partial charge in [-0.05, 0) is 49.4 Å². The minimum Gasteiger partial charge on any atom is -0.507 e. The number of carboxylic acid groups (broad SMARTS) is 1. The molecule has 0 saturated heterocycles. The van der Waals surface area contributed by atoms with Crippen LogP contribution in [0.3, 0.4) is 0 Å². The van der Waals surface area contributed by atoms with Crippen molar-refractivity contribution in [3.63, 3.8) is 0 Å². The Morgan fingerprint density at radius 3 is 2.44 bits per heavy atom. The summed E-state index contributed by atoms with van der Waals surface area (Å²) in [6.45, 7) is 5.87. The number of phenols is 1. The molecule has 0 amide bonds. The second-order valence-corrected chi connectivity index (χ2v) is 9.42. The normalized spacial score (nSPS) is 19.2. The summed E-state index contributed by atoms with van der Waals surface area (Å²) in [7, 11) is 0. The van der Waals surface area contributed by atoms with Crippen LogP contribution in [-0.4, -0.2) is 27.4 Å². The highest BCUT2D eigenvalue weighted by molar-refractivity contribution is 5.94. The van der Waals surface area contributed by atoms with Crippen molar-refractivity contribution >= 4 is 16.9 Å². The number of aromatic nitrogens is 1. The van der Waals surface area contributed by atoms with E-state index in [0.29, 0.717) is 22.2 Å². The van der Waals surface area contributed by atoms with E-state index in [1.807, 2.05) is 24.5 Å². The molecule has 0 radical (unpaired) electrons. The van der Waals surface area contributed by atoms with Crippen LogP contribution >= 0.6 is 0 Å². The number of benzene rings is 3. The van der Waals surface area contributed by atoms with E-state index in [9.17, 15) is 19.4 Å². The van der Waals surface area contributed by atoms with Crippen LogP contribution in [0.25, 0.3) is 16.6 Å². The molecular weight excluding hydrogens is 440 g/mol. The summed E-state index contributed by atoms with van der Waals surface area (Å²) >= 11 is 0. The van der Waals surface area contributed by atoms with E-state index in [4.69, 9.17) is 4.74 Å². The van der Waals surface area contributed by atoms with Crippen LogP contribution in [0.5, 0.6) is 5.75 Å². The molecule has 4 aromatic rings. The second-order valence-electron chi connectivity index (χ2n) is 9.42. The average molecular weight is 463 g/mol. The van der Waals surface area contributed by atoms with Crippen molar-refractivity contribution in [2.24, 2.45) is 0 Å². The molecule has 5 rings (SSSR count). The largest absolute Gasteiger partial charge is 0.507 e. The number of aromatic carboxylic acids is 1. The first-order valence-corrected chi connectivity index (χ1v) is 10.8. The van der Waals surface area contributed by atoms with Gasteiger partial charge in [0.05, 0.1) is 17.7 Å². The summed E-state index contributed by atoms with van der Waals surface area (Å²) in [4.78, 5) is 11.3. The zero-order valence-electron chi connectivity index (χ0n) is 18.9. The van der Waals surface area contributed by atoms with E-state index < -0.39 is 28.6 Å². The van der Waals surface area contributed by atoms with E-state index in [2.05, 4.69) is 0 Å². The molecule has 2 N–H and O–H groups in total. The number of aromatic hydroxyl groups is 1. The first-order chi connectivity index (χ1) is 16.0. The number of hydrogen-bond donors (Lipinski definition) is 2. The molecular formula is C27H23F2NO4. The Bertz CT molecular complexity index is 1470. The van der Waals surface area contributed by atoms with Crippen molar-refractivity contribution in [1.29, 1.82) is 0 Å². The molecule has 0 aliphatic carbocycles. The first-order valence-electron chi connectivity index (χ1n) is 10.8. The summed E-state index contributed by atoms with van der Waals surface area (Å²) < 4.78 is 37.8. The minimum absolute atomic E-state index is 0.0148. The Morgan fingerprint density at radius 1 is 1.03 bits per heavy atom. The van der Waals surface area contributed by atoms with Crippen LogP contribution < -0.4 is 0 Å². The van der Waals surface area contributed by atoms with Gasteiger partial charge in [-0.25, -0.2) is 13.6 Å². The Morgan fingerprint density at radius 2 is 1.76 bits per heavy atom. The van der Waals surface area contributed by atoms with E-state index in [-0.39, 0.29) is 23.5 Å². The van der Waals surface area contributed by atoms with Crippen LogP contribution in [-0.2, 0) is 15.8 Å². The molecule has 2 heterocycles. The third kappa shape index (κ3) is 3.11. The number of nitrogens with zero attached hydrogens (tertiary/aromatic N) is 1. The quantitative estimate of drug-likeness (QED) is 0.398. The number of rotatable bonds is 3. The van der Waals surface area contributed by atoms with E-state index in [1.54, 1.807) is 31.2 Å². The van der Waals surface area contributed by atoms with Crippen molar-refractivity contribution in [1.82, 2.24) is 4.57 Å². The molecule has 0 spiro atoms. The lowest BCUT2D eigenvalue weighted by Crippen LogP contribution is -2.43. The maximum Gasteiger partial charge on any atom is 0.335 e. The van der Waals surface area contributed by atoms with Gasteiger partial charge in [-0.15, -0.1) is 0 Å². The number of fused-ring (bicyclic) bond motifs is 3. The fraction of sp³-hybridized carbons (Fsp3) is 0.222. The predicted molar refractivity (Wildman–Crippen MR) is 124 cm³/mol. The number of phenolic OH excluding ortho intramolecular Hbond substituents is 1. The highest BCUT2D eigenvalue weighted by Crippen LogP contribution is 2.52. The number of hydrogen-bond acceptors (Lipinski definition) is 3. The Hall–Kier alpha value is -3.71. The minimum atomic E-state index is -1.35. The van der Waals surface area contributed by atoms with Crippen LogP contribution in [0, 0.1) is 11.6 Å². The summed E-state index contributed by atoms with van der Waals surface area (Å²) in [5.41, 5.74) is 0.556. The van der Waals surface area contributed by atoms with Crippen LogP contribution in [0.1, 0.15) is 48.0 Å². The molecule has 3 aromatic carbocycles. The zero-order chi connectivity index (χ0) is 24.4. The lowest BCUT2D eigenvalue weighted by molar-refractivity contribution is -0.0456. The van der Waals surface area contributed by atoms with E-state index >= 15 is 4.39 Å². The summed E-state index contributed by atoms with van der Waals surface area (Å²) in [5, 5.41) is 20.7. The molecule has 0 fully saturated rings. The molecule has 1 aliphatic rings. The summed E-state index contributed by atoms with van der Waals surface area (Å²) in [6, 6.07) is 14.9. The average Bonchev–Trinajstić information content (AvgIpc) is 3.15. The molecule has 1 aliphatic heterocycles. The van der Waals surface area contributed by atoms with Gasteiger partial charge < -0.3 is 19.5 Å². The molecule has 5 nitrogen and oxygen atoms in total. The van der Waals surface area contributed by atoms with Gasteiger partial charge in [0.2, 0.25) is 0 Å². The van der Waals surface area contributed by atoms with Gasteiger partial charge in [0.15, 0.2) is 0 Å². The number of ether oxygens (including phenoxy) is 1. The zero-order valence-corrected chi connectivity index (χ0v) is 18.9.